The van der Waals surface area contributed by atoms with Crippen LogP contribution in [-0.2, 0) is 0 Å². The lowest BCUT2D eigenvalue weighted by Crippen LogP contribution is -2.21. The molecule has 0 spiro atoms. The number of hydrogen-bond donors (Lipinski definition) is 1. The lowest BCUT2D eigenvalue weighted by atomic mass is 10.2. The third kappa shape index (κ3) is 4.44. The second-order valence-corrected chi connectivity index (χ2v) is 5.60. The molecule has 2 nitrogen and oxygen atoms in total. The maximum Gasteiger partial charge on any atom is 0.150 e. The van der Waals surface area contributed by atoms with Crippen molar-refractivity contribution in [3.05, 3.63) is 11.1 Å². The Balaban J connectivity index is 2.20. The van der Waals surface area contributed by atoms with E-state index in [2.05, 4.69) is 29.5 Å². The van der Waals surface area contributed by atoms with E-state index in [0.717, 1.165) is 24.5 Å². The predicted octanol–water partition coefficient (Wildman–Crippen LogP) is 2.79. The zero-order valence-corrected chi connectivity index (χ0v) is 10.7. The van der Waals surface area contributed by atoms with Crippen molar-refractivity contribution < 1.29 is 0 Å². The summed E-state index contributed by atoms with van der Waals surface area (Å²) in [4.78, 5) is 4.42. The molecule has 1 unspecified atom stereocenters. The van der Waals surface area contributed by atoms with E-state index < -0.39 is 0 Å². The normalized spacial score (nSPS) is 13.1. The van der Waals surface area contributed by atoms with Crippen molar-refractivity contribution in [3.8, 4) is 0 Å². The van der Waals surface area contributed by atoms with Gasteiger partial charge in [0.05, 0.1) is 0 Å². The summed E-state index contributed by atoms with van der Waals surface area (Å²) in [5.74, 6) is 1.86. The van der Waals surface area contributed by atoms with E-state index in [4.69, 9.17) is 0 Å². The van der Waals surface area contributed by atoms with Gasteiger partial charge in [-0.15, -0.1) is 11.3 Å². The van der Waals surface area contributed by atoms with Gasteiger partial charge in [0.1, 0.15) is 4.34 Å². The first kappa shape index (κ1) is 12.0. The van der Waals surface area contributed by atoms with Crippen molar-refractivity contribution in [3.63, 3.8) is 0 Å². The van der Waals surface area contributed by atoms with Crippen LogP contribution in [0.1, 0.15) is 19.5 Å². The zero-order valence-electron chi connectivity index (χ0n) is 9.04. The SMILES string of the molecule is CCNCC(C)CSc1nc(C)cs1. The maximum absolute atomic E-state index is 4.42. The molecule has 1 aromatic heterocycles. The van der Waals surface area contributed by atoms with Gasteiger partial charge in [-0.05, 0) is 25.9 Å². The van der Waals surface area contributed by atoms with Crippen molar-refractivity contribution >= 4 is 23.1 Å². The van der Waals surface area contributed by atoms with Gasteiger partial charge in [0, 0.05) is 16.8 Å². The van der Waals surface area contributed by atoms with Gasteiger partial charge >= 0.3 is 0 Å². The highest BCUT2D eigenvalue weighted by Gasteiger charge is 2.04. The topological polar surface area (TPSA) is 24.9 Å². The molecule has 0 radical (unpaired) electrons. The first-order valence-electron chi connectivity index (χ1n) is 4.98. The molecule has 14 heavy (non-hydrogen) atoms. The van der Waals surface area contributed by atoms with Crippen LogP contribution in [0.15, 0.2) is 9.72 Å². The molecule has 0 saturated heterocycles. The van der Waals surface area contributed by atoms with Gasteiger partial charge in [-0.3, -0.25) is 0 Å². The Morgan fingerprint density at radius 3 is 3.00 bits per heavy atom. The van der Waals surface area contributed by atoms with E-state index in [0.29, 0.717) is 5.92 Å². The van der Waals surface area contributed by atoms with E-state index in [1.54, 1.807) is 11.3 Å². The minimum atomic E-state index is 0.712. The molecule has 1 aromatic rings. The fourth-order valence-corrected chi connectivity index (χ4v) is 2.96. The van der Waals surface area contributed by atoms with E-state index in [-0.39, 0.29) is 0 Å². The van der Waals surface area contributed by atoms with E-state index >= 15 is 0 Å². The van der Waals surface area contributed by atoms with Crippen molar-refractivity contribution in [1.82, 2.24) is 10.3 Å². The van der Waals surface area contributed by atoms with Crippen LogP contribution in [0.25, 0.3) is 0 Å². The second kappa shape index (κ2) is 6.43. The summed E-state index contributed by atoms with van der Waals surface area (Å²) in [6.07, 6.45) is 0. The van der Waals surface area contributed by atoms with E-state index in [9.17, 15) is 0 Å². The Labute approximate surface area is 94.5 Å². The van der Waals surface area contributed by atoms with Crippen LogP contribution in [0.2, 0.25) is 0 Å². The number of rotatable bonds is 6. The van der Waals surface area contributed by atoms with Gasteiger partial charge in [-0.2, -0.15) is 0 Å². The molecule has 80 valence electrons. The van der Waals surface area contributed by atoms with Crippen LogP contribution in [0.3, 0.4) is 0 Å². The second-order valence-electron chi connectivity index (χ2n) is 3.48. The van der Waals surface area contributed by atoms with Crippen molar-refractivity contribution in [2.75, 3.05) is 18.8 Å². The molecule has 0 aliphatic heterocycles. The average Bonchev–Trinajstić information content (AvgIpc) is 2.58. The van der Waals surface area contributed by atoms with Gasteiger partial charge in [0.25, 0.3) is 0 Å². The number of nitrogens with one attached hydrogen (secondary N) is 1. The Bertz CT molecular complexity index is 260. The number of hydrogen-bond acceptors (Lipinski definition) is 4. The third-order valence-corrected chi connectivity index (χ3v) is 4.30. The summed E-state index contributed by atoms with van der Waals surface area (Å²) in [7, 11) is 0. The molecule has 1 N–H and O–H groups in total. The Morgan fingerprint density at radius 1 is 1.64 bits per heavy atom. The molecule has 0 aliphatic carbocycles. The highest BCUT2D eigenvalue weighted by Crippen LogP contribution is 2.23. The molecular weight excluding hydrogens is 212 g/mol. The molecule has 0 bridgehead atoms. The van der Waals surface area contributed by atoms with Crippen LogP contribution in [-0.4, -0.2) is 23.8 Å². The summed E-state index contributed by atoms with van der Waals surface area (Å²) in [5.41, 5.74) is 1.14. The first-order chi connectivity index (χ1) is 6.72. The van der Waals surface area contributed by atoms with Gasteiger partial charge in [-0.1, -0.05) is 25.6 Å². The predicted molar refractivity (Wildman–Crippen MR) is 65.3 cm³/mol. The molecule has 1 atom stereocenters. The summed E-state index contributed by atoms with van der Waals surface area (Å²) in [5, 5.41) is 5.47. The van der Waals surface area contributed by atoms with Crippen LogP contribution in [0, 0.1) is 12.8 Å². The van der Waals surface area contributed by atoms with Crippen molar-refractivity contribution in [2.24, 2.45) is 5.92 Å². The fourth-order valence-electron chi connectivity index (χ4n) is 1.06. The number of thioether (sulfide) groups is 1. The van der Waals surface area contributed by atoms with Crippen LogP contribution < -0.4 is 5.32 Å². The van der Waals surface area contributed by atoms with Crippen molar-refractivity contribution in [2.45, 2.75) is 25.1 Å². The molecule has 0 fully saturated rings. The summed E-state index contributed by atoms with van der Waals surface area (Å²) >= 11 is 3.61. The maximum atomic E-state index is 4.42. The first-order valence-corrected chi connectivity index (χ1v) is 6.84. The minimum Gasteiger partial charge on any atom is -0.317 e. The molecular formula is C10H18N2S2. The zero-order chi connectivity index (χ0) is 10.4. The summed E-state index contributed by atoms with van der Waals surface area (Å²) in [6.45, 7) is 8.63. The monoisotopic (exact) mass is 230 g/mol. The third-order valence-electron chi connectivity index (χ3n) is 1.83. The smallest absolute Gasteiger partial charge is 0.150 e. The summed E-state index contributed by atoms with van der Waals surface area (Å²) in [6, 6.07) is 0. The molecule has 1 heterocycles. The Hall–Kier alpha value is -0.0600. The quantitative estimate of drug-likeness (QED) is 0.761. The molecule has 0 aliphatic rings. The lowest BCUT2D eigenvalue weighted by Gasteiger charge is -2.09. The number of aromatic nitrogens is 1. The van der Waals surface area contributed by atoms with Gasteiger partial charge in [0.15, 0.2) is 0 Å². The van der Waals surface area contributed by atoms with Gasteiger partial charge in [0.2, 0.25) is 0 Å². The van der Waals surface area contributed by atoms with Crippen LogP contribution >= 0.6 is 23.1 Å². The van der Waals surface area contributed by atoms with E-state index in [1.165, 1.54) is 4.34 Å². The lowest BCUT2D eigenvalue weighted by molar-refractivity contribution is 0.574. The molecule has 0 amide bonds. The van der Waals surface area contributed by atoms with Crippen LogP contribution in [0.4, 0.5) is 0 Å². The number of thiazole rings is 1. The standard InChI is InChI=1S/C10H18N2S2/c1-4-11-5-8(2)6-13-10-12-9(3)7-14-10/h7-8,11H,4-6H2,1-3H3. The van der Waals surface area contributed by atoms with E-state index in [1.807, 2.05) is 18.7 Å². The Morgan fingerprint density at radius 2 is 2.43 bits per heavy atom. The number of aryl methyl sites for hydroxylation is 1. The van der Waals surface area contributed by atoms with Crippen LogP contribution in [0.5, 0.6) is 0 Å². The highest BCUT2D eigenvalue weighted by atomic mass is 32.2. The summed E-state index contributed by atoms with van der Waals surface area (Å²) < 4.78 is 1.20. The minimum absolute atomic E-state index is 0.712. The molecule has 1 rings (SSSR count). The highest BCUT2D eigenvalue weighted by molar-refractivity contribution is 8.01. The molecule has 4 heteroatoms. The van der Waals surface area contributed by atoms with Gasteiger partial charge in [-0.25, -0.2) is 4.98 Å². The fraction of sp³-hybridized carbons (Fsp3) is 0.700. The average molecular weight is 230 g/mol. The Kier molecular flexibility index (Phi) is 5.52. The molecule has 0 saturated carbocycles. The van der Waals surface area contributed by atoms with Gasteiger partial charge < -0.3 is 5.32 Å². The van der Waals surface area contributed by atoms with Crippen molar-refractivity contribution in [1.29, 1.82) is 0 Å². The molecule has 0 aromatic carbocycles. The number of nitrogens with zero attached hydrogens (tertiary/aromatic N) is 1. The largest absolute Gasteiger partial charge is 0.317 e.